The molecule has 0 aromatic heterocycles. The van der Waals surface area contributed by atoms with Gasteiger partial charge in [0.15, 0.2) is 6.61 Å². The summed E-state index contributed by atoms with van der Waals surface area (Å²) in [4.78, 5) is 27.5. The molecule has 6 heteroatoms. The summed E-state index contributed by atoms with van der Waals surface area (Å²) in [5.41, 5.74) is 3.61. The van der Waals surface area contributed by atoms with Crippen LogP contribution in [0.5, 0.6) is 11.5 Å². The molecule has 1 aliphatic heterocycles. The van der Waals surface area contributed by atoms with E-state index in [-0.39, 0.29) is 24.3 Å². The number of nitrogens with one attached hydrogen (secondary N) is 1. The highest BCUT2D eigenvalue weighted by molar-refractivity contribution is 5.96. The molecule has 176 valence electrons. The van der Waals surface area contributed by atoms with Crippen molar-refractivity contribution >= 4 is 17.5 Å². The smallest absolute Gasteiger partial charge is 0.260 e. The molecule has 1 aliphatic rings. The highest BCUT2D eigenvalue weighted by Gasteiger charge is 2.23. The molecule has 0 spiro atoms. The molecule has 6 nitrogen and oxygen atoms in total. The van der Waals surface area contributed by atoms with Gasteiger partial charge in [-0.3, -0.25) is 9.59 Å². The van der Waals surface area contributed by atoms with Crippen molar-refractivity contribution in [3.63, 3.8) is 0 Å². The molecule has 0 radical (unpaired) electrons. The van der Waals surface area contributed by atoms with Crippen LogP contribution in [0.4, 0.5) is 5.69 Å². The van der Waals surface area contributed by atoms with Crippen molar-refractivity contribution in [3.8, 4) is 11.5 Å². The van der Waals surface area contributed by atoms with Gasteiger partial charge < -0.3 is 19.7 Å². The first kappa shape index (κ1) is 23.4. The minimum atomic E-state index is -0.227. The highest BCUT2D eigenvalue weighted by atomic mass is 16.5. The Hall–Kier alpha value is -3.80. The van der Waals surface area contributed by atoms with E-state index in [0.717, 1.165) is 22.4 Å². The predicted molar refractivity (Wildman–Crippen MR) is 132 cm³/mol. The number of hydrogen-bond donors (Lipinski definition) is 1. The number of carbonyl (C=O) groups is 2. The number of hydrogen-bond acceptors (Lipinski definition) is 4. The fraction of sp³-hybridized carbons (Fsp3) is 0.286. The summed E-state index contributed by atoms with van der Waals surface area (Å²) in [6.45, 7) is 2.97. The fourth-order valence-electron chi connectivity index (χ4n) is 4.30. The van der Waals surface area contributed by atoms with Crippen LogP contribution in [0, 0.1) is 0 Å². The zero-order chi connectivity index (χ0) is 23.9. The lowest BCUT2D eigenvalue weighted by Crippen LogP contribution is -2.34. The lowest BCUT2D eigenvalue weighted by Gasteiger charge is -2.21. The van der Waals surface area contributed by atoms with Gasteiger partial charge in [0.1, 0.15) is 11.5 Å². The SMILES string of the molecule is CCC(C(=O)Nc1ccc2c(c1)CN(CCc1ccccc1OC)C(=O)CO2)c1ccccc1. The maximum absolute atomic E-state index is 13.0. The summed E-state index contributed by atoms with van der Waals surface area (Å²) < 4.78 is 11.2. The largest absolute Gasteiger partial charge is 0.496 e. The van der Waals surface area contributed by atoms with Gasteiger partial charge in [-0.25, -0.2) is 0 Å². The Morgan fingerprint density at radius 2 is 1.85 bits per heavy atom. The monoisotopic (exact) mass is 458 g/mol. The summed E-state index contributed by atoms with van der Waals surface area (Å²) >= 11 is 0. The van der Waals surface area contributed by atoms with E-state index in [1.54, 1.807) is 12.0 Å². The average Bonchev–Trinajstić information content (AvgIpc) is 3.02. The van der Waals surface area contributed by atoms with Crippen LogP contribution in [0.2, 0.25) is 0 Å². The third-order valence-corrected chi connectivity index (χ3v) is 6.16. The van der Waals surface area contributed by atoms with Crippen LogP contribution in [-0.4, -0.2) is 37.0 Å². The van der Waals surface area contributed by atoms with E-state index >= 15 is 0 Å². The Morgan fingerprint density at radius 3 is 2.62 bits per heavy atom. The first-order chi connectivity index (χ1) is 16.6. The molecular formula is C28H30N2O4. The number of fused-ring (bicyclic) bond motifs is 1. The molecule has 3 aromatic carbocycles. The molecule has 4 rings (SSSR count). The Morgan fingerprint density at radius 1 is 1.09 bits per heavy atom. The average molecular weight is 459 g/mol. The minimum absolute atomic E-state index is 0.00343. The standard InChI is InChI=1S/C28H30N2O4/c1-3-24(20-9-5-4-6-10-20)28(32)29-23-13-14-26-22(17-23)18-30(27(31)19-34-26)16-15-21-11-7-8-12-25(21)33-2/h4-14,17,24H,3,15-16,18-19H2,1-2H3,(H,29,32). The third kappa shape index (κ3) is 5.39. The van der Waals surface area contributed by atoms with Gasteiger partial charge in [-0.05, 0) is 48.2 Å². The summed E-state index contributed by atoms with van der Waals surface area (Å²) in [6, 6.07) is 23.2. The molecule has 3 aromatic rings. The first-order valence-electron chi connectivity index (χ1n) is 11.6. The number of anilines is 1. The first-order valence-corrected chi connectivity index (χ1v) is 11.6. The summed E-state index contributed by atoms with van der Waals surface area (Å²) in [5.74, 6) is 1.14. The Bertz CT molecular complexity index is 1150. The molecule has 34 heavy (non-hydrogen) atoms. The van der Waals surface area contributed by atoms with Crippen molar-refractivity contribution in [1.82, 2.24) is 4.90 Å². The molecule has 1 atom stereocenters. The molecular weight excluding hydrogens is 428 g/mol. The molecule has 0 fully saturated rings. The molecule has 1 heterocycles. The summed E-state index contributed by atoms with van der Waals surface area (Å²) in [6.07, 6.45) is 1.38. The van der Waals surface area contributed by atoms with Gasteiger partial charge >= 0.3 is 0 Å². The number of benzene rings is 3. The molecule has 1 N–H and O–H groups in total. The minimum Gasteiger partial charge on any atom is -0.496 e. The molecule has 2 amide bonds. The maximum atomic E-state index is 13.0. The van der Waals surface area contributed by atoms with Crippen LogP contribution >= 0.6 is 0 Å². The number of nitrogens with zero attached hydrogens (tertiary/aromatic N) is 1. The van der Waals surface area contributed by atoms with Gasteiger partial charge in [-0.15, -0.1) is 0 Å². The van der Waals surface area contributed by atoms with Crippen LogP contribution in [0.3, 0.4) is 0 Å². The van der Waals surface area contributed by atoms with Crippen LogP contribution in [0.1, 0.15) is 36.0 Å². The topological polar surface area (TPSA) is 67.9 Å². The number of amides is 2. The van der Waals surface area contributed by atoms with Crippen LogP contribution in [0.15, 0.2) is 72.8 Å². The van der Waals surface area contributed by atoms with Crippen LogP contribution in [-0.2, 0) is 22.6 Å². The van der Waals surface area contributed by atoms with Gasteiger partial charge in [0.2, 0.25) is 5.91 Å². The van der Waals surface area contributed by atoms with E-state index in [1.807, 2.05) is 79.7 Å². The number of para-hydroxylation sites is 1. The van der Waals surface area contributed by atoms with Crippen molar-refractivity contribution in [2.45, 2.75) is 32.2 Å². The second kappa shape index (κ2) is 10.9. The fourth-order valence-corrected chi connectivity index (χ4v) is 4.30. The van der Waals surface area contributed by atoms with Crippen molar-refractivity contribution < 1.29 is 19.1 Å². The van der Waals surface area contributed by atoms with Gasteiger partial charge in [-0.2, -0.15) is 0 Å². The molecule has 1 unspecified atom stereocenters. The van der Waals surface area contributed by atoms with Crippen molar-refractivity contribution in [3.05, 3.63) is 89.5 Å². The highest BCUT2D eigenvalue weighted by Crippen LogP contribution is 2.29. The van der Waals surface area contributed by atoms with Gasteiger partial charge in [0.05, 0.1) is 13.0 Å². The lowest BCUT2D eigenvalue weighted by atomic mass is 9.95. The van der Waals surface area contributed by atoms with Crippen molar-refractivity contribution in [1.29, 1.82) is 0 Å². The summed E-state index contributed by atoms with van der Waals surface area (Å²) in [7, 11) is 1.65. The summed E-state index contributed by atoms with van der Waals surface area (Å²) in [5, 5.41) is 3.05. The van der Waals surface area contributed by atoms with Gasteiger partial charge in [0, 0.05) is 24.3 Å². The van der Waals surface area contributed by atoms with Crippen LogP contribution in [0.25, 0.3) is 0 Å². The molecule has 0 aliphatic carbocycles. The van der Waals surface area contributed by atoms with E-state index in [0.29, 0.717) is 37.4 Å². The van der Waals surface area contributed by atoms with E-state index in [9.17, 15) is 9.59 Å². The third-order valence-electron chi connectivity index (χ3n) is 6.16. The second-order valence-electron chi connectivity index (χ2n) is 8.35. The quantitative estimate of drug-likeness (QED) is 0.527. The Balaban J connectivity index is 1.47. The molecule has 0 saturated heterocycles. The Kier molecular flexibility index (Phi) is 7.48. The van der Waals surface area contributed by atoms with Gasteiger partial charge in [0.25, 0.3) is 5.91 Å². The molecule has 0 saturated carbocycles. The number of carbonyl (C=O) groups excluding carboxylic acids is 2. The normalized spacial score (nSPS) is 13.9. The van der Waals surface area contributed by atoms with Crippen molar-refractivity contribution in [2.75, 3.05) is 25.6 Å². The number of methoxy groups -OCH3 is 1. The number of rotatable bonds is 8. The lowest BCUT2D eigenvalue weighted by molar-refractivity contribution is -0.133. The van der Waals surface area contributed by atoms with E-state index in [2.05, 4.69) is 5.32 Å². The zero-order valence-corrected chi connectivity index (χ0v) is 19.6. The maximum Gasteiger partial charge on any atom is 0.260 e. The second-order valence-corrected chi connectivity index (χ2v) is 8.35. The predicted octanol–water partition coefficient (Wildman–Crippen LogP) is 4.79. The van der Waals surface area contributed by atoms with Crippen molar-refractivity contribution in [2.24, 2.45) is 0 Å². The zero-order valence-electron chi connectivity index (χ0n) is 19.6. The number of ether oxygens (including phenoxy) is 2. The van der Waals surface area contributed by atoms with Gasteiger partial charge in [-0.1, -0.05) is 55.5 Å². The van der Waals surface area contributed by atoms with E-state index in [4.69, 9.17) is 9.47 Å². The van der Waals surface area contributed by atoms with Crippen LogP contribution < -0.4 is 14.8 Å². The Labute approximate surface area is 200 Å². The van der Waals surface area contributed by atoms with E-state index < -0.39 is 0 Å². The van der Waals surface area contributed by atoms with E-state index in [1.165, 1.54) is 0 Å². The molecule has 0 bridgehead atoms.